The van der Waals surface area contributed by atoms with E-state index in [1.807, 2.05) is 24.3 Å². The van der Waals surface area contributed by atoms with Gasteiger partial charge in [-0.25, -0.2) is 0 Å². The molecule has 76 valence electrons. The molecule has 0 spiro atoms. The number of rotatable bonds is 2. The quantitative estimate of drug-likeness (QED) is 0.767. The van der Waals surface area contributed by atoms with Gasteiger partial charge in [-0.3, -0.25) is 0 Å². The van der Waals surface area contributed by atoms with Gasteiger partial charge in [-0.15, -0.1) is 0 Å². The highest BCUT2D eigenvalue weighted by molar-refractivity contribution is 5.58. The van der Waals surface area contributed by atoms with Crippen LogP contribution in [0.3, 0.4) is 0 Å². The van der Waals surface area contributed by atoms with Crippen LogP contribution >= 0.6 is 0 Å². The maximum Gasteiger partial charge on any atom is 0.142 e. The van der Waals surface area contributed by atoms with E-state index in [0.717, 1.165) is 31.0 Å². The fraction of sp³-hybridized carbons (Fsp3) is 0.455. The number of aliphatic hydroxyl groups is 1. The van der Waals surface area contributed by atoms with E-state index in [9.17, 15) is 0 Å². The topological polar surface area (TPSA) is 32.7 Å². The van der Waals surface area contributed by atoms with E-state index in [1.54, 1.807) is 0 Å². The molecule has 1 aromatic rings. The maximum atomic E-state index is 8.95. The van der Waals surface area contributed by atoms with Crippen LogP contribution in [-0.2, 0) is 0 Å². The van der Waals surface area contributed by atoms with E-state index in [2.05, 4.69) is 4.90 Å². The molecule has 3 heteroatoms. The molecule has 0 unspecified atom stereocenters. The Morgan fingerprint density at radius 2 is 2.21 bits per heavy atom. The van der Waals surface area contributed by atoms with E-state index in [-0.39, 0.29) is 6.61 Å². The summed E-state index contributed by atoms with van der Waals surface area (Å²) in [5, 5.41) is 8.95. The van der Waals surface area contributed by atoms with Crippen LogP contribution in [0.1, 0.15) is 6.42 Å². The molecule has 0 fully saturated rings. The zero-order valence-corrected chi connectivity index (χ0v) is 8.15. The molecule has 0 bridgehead atoms. The van der Waals surface area contributed by atoms with Crippen LogP contribution in [0.25, 0.3) is 0 Å². The molecule has 0 saturated carbocycles. The molecule has 1 N–H and O–H groups in total. The summed E-state index contributed by atoms with van der Waals surface area (Å²) in [7, 11) is 0. The molecule has 0 aliphatic carbocycles. The molecule has 0 saturated heterocycles. The summed E-state index contributed by atoms with van der Waals surface area (Å²) in [6.45, 7) is 2.59. The van der Waals surface area contributed by atoms with Crippen LogP contribution in [-0.4, -0.2) is 31.4 Å². The number of hydrogen-bond acceptors (Lipinski definition) is 3. The first-order valence-electron chi connectivity index (χ1n) is 4.99. The standard InChI is InChI=1S/C11H15NO2/c13-8-7-12-6-3-9-14-11-5-2-1-4-10(11)12/h1-2,4-5,13H,3,6-9H2. The van der Waals surface area contributed by atoms with Gasteiger partial charge in [0.15, 0.2) is 0 Å². The van der Waals surface area contributed by atoms with Crippen LogP contribution < -0.4 is 9.64 Å². The fourth-order valence-electron chi connectivity index (χ4n) is 1.75. The first-order valence-corrected chi connectivity index (χ1v) is 4.99. The van der Waals surface area contributed by atoms with Crippen molar-refractivity contribution in [2.75, 3.05) is 31.2 Å². The minimum absolute atomic E-state index is 0.189. The Morgan fingerprint density at radius 3 is 3.07 bits per heavy atom. The van der Waals surface area contributed by atoms with Crippen LogP contribution in [0.15, 0.2) is 24.3 Å². The Hall–Kier alpha value is -1.22. The van der Waals surface area contributed by atoms with Crippen molar-refractivity contribution < 1.29 is 9.84 Å². The van der Waals surface area contributed by atoms with Gasteiger partial charge in [0, 0.05) is 13.1 Å². The second kappa shape index (κ2) is 4.33. The molecule has 0 aromatic heterocycles. The van der Waals surface area contributed by atoms with E-state index < -0.39 is 0 Å². The Balaban J connectivity index is 2.27. The van der Waals surface area contributed by atoms with Crippen molar-refractivity contribution in [2.24, 2.45) is 0 Å². The van der Waals surface area contributed by atoms with Gasteiger partial charge in [-0.2, -0.15) is 0 Å². The van der Waals surface area contributed by atoms with Crippen LogP contribution in [0, 0.1) is 0 Å². The lowest BCUT2D eigenvalue weighted by Crippen LogP contribution is -2.27. The monoisotopic (exact) mass is 193 g/mol. The second-order valence-corrected chi connectivity index (χ2v) is 3.38. The Kier molecular flexibility index (Phi) is 2.89. The average Bonchev–Trinajstić information content (AvgIpc) is 2.42. The zero-order valence-electron chi connectivity index (χ0n) is 8.15. The lowest BCUT2D eigenvalue weighted by atomic mass is 10.2. The van der Waals surface area contributed by atoms with Gasteiger partial charge >= 0.3 is 0 Å². The Bertz CT molecular complexity index is 301. The highest BCUT2D eigenvalue weighted by Gasteiger charge is 2.14. The van der Waals surface area contributed by atoms with E-state index in [4.69, 9.17) is 9.84 Å². The van der Waals surface area contributed by atoms with Gasteiger partial charge in [0.1, 0.15) is 5.75 Å². The van der Waals surface area contributed by atoms with Crippen molar-refractivity contribution in [2.45, 2.75) is 6.42 Å². The number of para-hydroxylation sites is 2. The molecule has 0 amide bonds. The molecule has 0 radical (unpaired) electrons. The third-order valence-corrected chi connectivity index (χ3v) is 2.41. The lowest BCUT2D eigenvalue weighted by molar-refractivity contribution is 0.300. The van der Waals surface area contributed by atoms with Crippen molar-refractivity contribution in [1.29, 1.82) is 0 Å². The first kappa shape index (κ1) is 9.34. The summed E-state index contributed by atoms with van der Waals surface area (Å²) in [5.41, 5.74) is 1.10. The number of β-amino-alcohol motifs (C(OH)–C–C–N with tert-alkyl or cyclic N) is 1. The largest absolute Gasteiger partial charge is 0.491 e. The summed E-state index contributed by atoms with van der Waals surface area (Å²) in [5.74, 6) is 0.929. The fourth-order valence-corrected chi connectivity index (χ4v) is 1.75. The summed E-state index contributed by atoms with van der Waals surface area (Å²) in [6, 6.07) is 7.99. The predicted octanol–water partition coefficient (Wildman–Crippen LogP) is 1.27. The molecule has 3 nitrogen and oxygen atoms in total. The smallest absolute Gasteiger partial charge is 0.142 e. The third-order valence-electron chi connectivity index (χ3n) is 2.41. The SMILES string of the molecule is OCCN1CCCOc2ccccc21. The average molecular weight is 193 g/mol. The molecule has 14 heavy (non-hydrogen) atoms. The minimum atomic E-state index is 0.189. The number of anilines is 1. The van der Waals surface area contributed by atoms with Crippen molar-refractivity contribution in [3.63, 3.8) is 0 Å². The van der Waals surface area contributed by atoms with Gasteiger partial charge in [-0.1, -0.05) is 12.1 Å². The predicted molar refractivity (Wildman–Crippen MR) is 55.9 cm³/mol. The van der Waals surface area contributed by atoms with Crippen molar-refractivity contribution in [3.05, 3.63) is 24.3 Å². The molecular formula is C11H15NO2. The van der Waals surface area contributed by atoms with Gasteiger partial charge in [-0.05, 0) is 18.6 Å². The van der Waals surface area contributed by atoms with Crippen LogP contribution in [0.4, 0.5) is 5.69 Å². The number of aliphatic hydroxyl groups excluding tert-OH is 1. The van der Waals surface area contributed by atoms with Gasteiger partial charge in [0.05, 0.1) is 18.9 Å². The highest BCUT2D eigenvalue weighted by Crippen LogP contribution is 2.29. The molecular weight excluding hydrogens is 178 g/mol. The normalized spacial score (nSPS) is 15.6. The lowest BCUT2D eigenvalue weighted by Gasteiger charge is -2.22. The van der Waals surface area contributed by atoms with Crippen molar-refractivity contribution >= 4 is 5.69 Å². The van der Waals surface area contributed by atoms with Crippen molar-refractivity contribution in [3.8, 4) is 5.75 Å². The van der Waals surface area contributed by atoms with Gasteiger partial charge < -0.3 is 14.7 Å². The number of ether oxygens (including phenoxy) is 1. The molecule has 2 rings (SSSR count). The Morgan fingerprint density at radius 1 is 1.36 bits per heavy atom. The summed E-state index contributed by atoms with van der Waals surface area (Å²) in [4.78, 5) is 2.17. The number of fused-ring (bicyclic) bond motifs is 1. The van der Waals surface area contributed by atoms with Crippen molar-refractivity contribution in [1.82, 2.24) is 0 Å². The van der Waals surface area contributed by atoms with E-state index in [1.165, 1.54) is 0 Å². The number of nitrogens with zero attached hydrogens (tertiary/aromatic N) is 1. The Labute approximate surface area is 83.9 Å². The first-order chi connectivity index (χ1) is 6.92. The van der Waals surface area contributed by atoms with Gasteiger partial charge in [0.25, 0.3) is 0 Å². The number of benzene rings is 1. The molecule has 1 aliphatic heterocycles. The number of hydrogen-bond donors (Lipinski definition) is 1. The van der Waals surface area contributed by atoms with E-state index in [0.29, 0.717) is 6.54 Å². The molecule has 1 aliphatic rings. The maximum absolute atomic E-state index is 8.95. The van der Waals surface area contributed by atoms with Crippen LogP contribution in [0.2, 0.25) is 0 Å². The van der Waals surface area contributed by atoms with Gasteiger partial charge in [0.2, 0.25) is 0 Å². The molecule has 1 aromatic carbocycles. The zero-order chi connectivity index (χ0) is 9.80. The van der Waals surface area contributed by atoms with E-state index >= 15 is 0 Å². The summed E-state index contributed by atoms with van der Waals surface area (Å²) >= 11 is 0. The summed E-state index contributed by atoms with van der Waals surface area (Å²) in [6.07, 6.45) is 1.01. The second-order valence-electron chi connectivity index (χ2n) is 3.38. The minimum Gasteiger partial charge on any atom is -0.491 e. The highest BCUT2D eigenvalue weighted by atomic mass is 16.5. The molecule has 0 atom stereocenters. The molecule has 1 heterocycles. The third kappa shape index (κ3) is 1.82. The summed E-state index contributed by atoms with van der Waals surface area (Å²) < 4.78 is 5.60. The van der Waals surface area contributed by atoms with Crippen LogP contribution in [0.5, 0.6) is 5.75 Å².